The Labute approximate surface area is 220 Å². The van der Waals surface area contributed by atoms with Crippen molar-refractivity contribution in [1.82, 2.24) is 8.97 Å². The van der Waals surface area contributed by atoms with Crippen molar-refractivity contribution in [2.45, 2.75) is 32.7 Å². The number of anilines is 1. The lowest BCUT2D eigenvalue weighted by Gasteiger charge is -2.11. The minimum Gasteiger partial charge on any atom is -0.325 e. The van der Waals surface area contributed by atoms with Crippen molar-refractivity contribution in [2.75, 3.05) is 5.32 Å². The quantitative estimate of drug-likeness (QED) is 0.258. The third-order valence-corrected chi connectivity index (χ3v) is 7.64. The normalized spacial score (nSPS) is 13.1. The Hall–Kier alpha value is -3.47. The molecular formula is C30H25Cl2N3O. The summed E-state index contributed by atoms with van der Waals surface area (Å²) < 4.78 is 4.41. The molecule has 0 unspecified atom stereocenters. The molecule has 4 nitrogen and oxygen atoms in total. The molecule has 1 amide bonds. The Bertz CT molecular complexity index is 1610. The third-order valence-electron chi connectivity index (χ3n) is 6.90. The summed E-state index contributed by atoms with van der Waals surface area (Å²) in [6.45, 7) is 2.89. The Kier molecular flexibility index (Phi) is 5.87. The van der Waals surface area contributed by atoms with Gasteiger partial charge in [0.05, 0.1) is 15.7 Å². The smallest absolute Gasteiger partial charge is 0.273 e. The number of carbonyl (C=O) groups is 1. The van der Waals surface area contributed by atoms with Crippen molar-refractivity contribution in [3.63, 3.8) is 0 Å². The summed E-state index contributed by atoms with van der Waals surface area (Å²) in [5.74, 6) is -0.126. The largest absolute Gasteiger partial charge is 0.325 e. The zero-order valence-electron chi connectivity index (χ0n) is 19.9. The lowest BCUT2D eigenvalue weighted by Crippen LogP contribution is -2.15. The molecule has 36 heavy (non-hydrogen) atoms. The van der Waals surface area contributed by atoms with Crippen molar-refractivity contribution in [3.05, 3.63) is 106 Å². The zero-order valence-corrected chi connectivity index (χ0v) is 21.4. The fourth-order valence-corrected chi connectivity index (χ4v) is 5.62. The summed E-state index contributed by atoms with van der Waals surface area (Å²) >= 11 is 12.6. The molecule has 180 valence electrons. The molecule has 3 aromatic carbocycles. The number of imidazole rings is 1. The first-order chi connectivity index (χ1) is 17.5. The fourth-order valence-electron chi connectivity index (χ4n) is 5.32. The molecule has 1 N–H and O–H groups in total. The van der Waals surface area contributed by atoms with Crippen molar-refractivity contribution in [3.8, 4) is 22.4 Å². The van der Waals surface area contributed by atoms with E-state index in [0.717, 1.165) is 65.1 Å². The molecule has 6 rings (SSSR count). The topological polar surface area (TPSA) is 38.4 Å². The van der Waals surface area contributed by atoms with Crippen molar-refractivity contribution >= 4 is 40.4 Å². The van der Waals surface area contributed by atoms with Crippen LogP contribution in [-0.4, -0.2) is 14.9 Å². The number of nitrogens with zero attached hydrogens (tertiary/aromatic N) is 2. The SMILES string of the molecule is Cc1cccc(NC(=O)c2c(-c3ccccc3)c3c4n(c(-c5ccc(Cl)c(Cl)c5)cn24)CCCC3)c1. The van der Waals surface area contributed by atoms with Gasteiger partial charge in [-0.15, -0.1) is 0 Å². The number of aromatic nitrogens is 2. The third kappa shape index (κ3) is 3.91. The number of hydrogen-bond acceptors (Lipinski definition) is 1. The Morgan fingerprint density at radius 3 is 2.50 bits per heavy atom. The van der Waals surface area contributed by atoms with Gasteiger partial charge in [0.25, 0.3) is 5.91 Å². The van der Waals surface area contributed by atoms with Gasteiger partial charge in [0.2, 0.25) is 0 Å². The van der Waals surface area contributed by atoms with Gasteiger partial charge < -0.3 is 9.88 Å². The number of benzene rings is 3. The van der Waals surface area contributed by atoms with Crippen LogP contribution < -0.4 is 5.32 Å². The van der Waals surface area contributed by atoms with Gasteiger partial charge >= 0.3 is 0 Å². The van der Waals surface area contributed by atoms with Crippen LogP contribution in [0.1, 0.15) is 34.5 Å². The van der Waals surface area contributed by atoms with Gasteiger partial charge in [-0.05, 0) is 61.6 Å². The first-order valence-corrected chi connectivity index (χ1v) is 12.9. The van der Waals surface area contributed by atoms with Crippen molar-refractivity contribution < 1.29 is 4.79 Å². The first-order valence-electron chi connectivity index (χ1n) is 12.2. The number of rotatable bonds is 4. The number of nitrogens with one attached hydrogen (secondary N) is 1. The molecular weight excluding hydrogens is 489 g/mol. The van der Waals surface area contributed by atoms with Gasteiger partial charge in [0.15, 0.2) is 0 Å². The lowest BCUT2D eigenvalue weighted by molar-refractivity contribution is 0.102. The molecule has 5 aromatic rings. The van der Waals surface area contributed by atoms with Gasteiger partial charge in [-0.25, -0.2) is 0 Å². The molecule has 0 spiro atoms. The van der Waals surface area contributed by atoms with Crippen molar-refractivity contribution in [2.24, 2.45) is 0 Å². The predicted molar refractivity (Wildman–Crippen MR) is 148 cm³/mol. The molecule has 3 heterocycles. The number of aryl methyl sites for hydroxylation is 3. The van der Waals surface area contributed by atoms with Gasteiger partial charge in [-0.3, -0.25) is 9.20 Å². The zero-order chi connectivity index (χ0) is 24.8. The summed E-state index contributed by atoms with van der Waals surface area (Å²) in [4.78, 5) is 13.9. The van der Waals surface area contributed by atoms with E-state index in [4.69, 9.17) is 23.2 Å². The van der Waals surface area contributed by atoms with Gasteiger partial charge in [0.1, 0.15) is 11.3 Å². The second-order valence-corrected chi connectivity index (χ2v) is 10.2. The van der Waals surface area contributed by atoms with Crippen LogP contribution >= 0.6 is 23.2 Å². The van der Waals surface area contributed by atoms with E-state index < -0.39 is 0 Å². The van der Waals surface area contributed by atoms with Crippen LogP contribution in [0.5, 0.6) is 0 Å². The first kappa shape index (κ1) is 23.0. The molecule has 0 bridgehead atoms. The summed E-state index contributed by atoms with van der Waals surface area (Å²) in [7, 11) is 0. The summed E-state index contributed by atoms with van der Waals surface area (Å²) in [6, 6.07) is 23.8. The van der Waals surface area contributed by atoms with Crippen LogP contribution in [0.15, 0.2) is 79.0 Å². The van der Waals surface area contributed by atoms with E-state index in [9.17, 15) is 4.79 Å². The second kappa shape index (κ2) is 9.20. The molecule has 2 aromatic heterocycles. The molecule has 6 heteroatoms. The molecule has 0 radical (unpaired) electrons. The molecule has 0 fully saturated rings. The lowest BCUT2D eigenvalue weighted by atomic mass is 9.98. The minimum absolute atomic E-state index is 0.126. The van der Waals surface area contributed by atoms with E-state index in [2.05, 4.69) is 32.6 Å². The second-order valence-electron chi connectivity index (χ2n) is 9.34. The van der Waals surface area contributed by atoms with Crippen LogP contribution in [-0.2, 0) is 13.0 Å². The highest BCUT2D eigenvalue weighted by molar-refractivity contribution is 6.42. The van der Waals surface area contributed by atoms with Crippen molar-refractivity contribution in [1.29, 1.82) is 0 Å². The van der Waals surface area contributed by atoms with E-state index in [0.29, 0.717) is 15.7 Å². The molecule has 1 aliphatic rings. The molecule has 0 atom stereocenters. The molecule has 0 saturated carbocycles. The average Bonchev–Trinajstić information content (AvgIpc) is 3.29. The Morgan fingerprint density at radius 2 is 1.72 bits per heavy atom. The molecule has 0 saturated heterocycles. The Morgan fingerprint density at radius 1 is 0.889 bits per heavy atom. The number of amides is 1. The maximum Gasteiger partial charge on any atom is 0.273 e. The summed E-state index contributed by atoms with van der Waals surface area (Å²) in [6.07, 6.45) is 5.10. The molecule has 0 aliphatic carbocycles. The van der Waals surface area contributed by atoms with E-state index in [-0.39, 0.29) is 5.91 Å². The monoisotopic (exact) mass is 513 g/mol. The van der Waals surface area contributed by atoms with Gasteiger partial charge in [-0.1, -0.05) is 71.7 Å². The fraction of sp³-hybridized carbons (Fsp3) is 0.167. The Balaban J connectivity index is 1.61. The predicted octanol–water partition coefficient (Wildman–Crippen LogP) is 8.28. The van der Waals surface area contributed by atoms with E-state index in [1.54, 1.807) is 0 Å². The highest BCUT2D eigenvalue weighted by atomic mass is 35.5. The minimum atomic E-state index is -0.126. The average molecular weight is 514 g/mol. The highest BCUT2D eigenvalue weighted by Crippen LogP contribution is 2.40. The van der Waals surface area contributed by atoms with Crippen LogP contribution in [0.3, 0.4) is 0 Å². The van der Waals surface area contributed by atoms with Crippen LogP contribution in [0, 0.1) is 6.92 Å². The maximum absolute atomic E-state index is 13.9. The standard InChI is InChI=1S/C30H25Cl2N3O/c1-19-8-7-11-22(16-19)33-29(36)28-27(20-9-3-2-4-10-20)23-12-5-6-15-34-26(18-35(28)30(23)34)21-13-14-24(31)25(32)17-21/h2-4,7-11,13-14,16-18H,5-6,12,15H2,1H3,(H,33,36). The highest BCUT2D eigenvalue weighted by Gasteiger charge is 2.29. The summed E-state index contributed by atoms with van der Waals surface area (Å²) in [5, 5.41) is 4.20. The van der Waals surface area contributed by atoms with Gasteiger partial charge in [-0.2, -0.15) is 0 Å². The van der Waals surface area contributed by atoms with Crippen LogP contribution in [0.25, 0.3) is 28.0 Å². The van der Waals surface area contributed by atoms with E-state index in [1.165, 1.54) is 5.56 Å². The number of carbonyl (C=O) groups excluding carboxylic acids is 1. The molecule has 1 aliphatic heterocycles. The maximum atomic E-state index is 13.9. The summed E-state index contributed by atoms with van der Waals surface area (Å²) in [5.41, 5.74) is 8.87. The van der Waals surface area contributed by atoms with Crippen LogP contribution in [0.2, 0.25) is 10.0 Å². The van der Waals surface area contributed by atoms with E-state index in [1.807, 2.05) is 67.6 Å². The van der Waals surface area contributed by atoms with E-state index >= 15 is 0 Å². The number of halogens is 2. The van der Waals surface area contributed by atoms with Gasteiger partial charge in [0, 0.05) is 35.1 Å². The van der Waals surface area contributed by atoms with Crippen LogP contribution in [0.4, 0.5) is 5.69 Å². The number of hydrogen-bond donors (Lipinski definition) is 1.